The number of hydrazone groups is 1. The van der Waals surface area contributed by atoms with Gasteiger partial charge in [0.1, 0.15) is 39.2 Å². The normalized spacial score (nSPS) is 15.7. The zero-order chi connectivity index (χ0) is 22.1. The Bertz CT molecular complexity index is 1180. The average molecular weight is 442 g/mol. The number of hydrogen-bond donors (Lipinski definition) is 0. The highest BCUT2D eigenvalue weighted by molar-refractivity contribution is 8.14. The van der Waals surface area contributed by atoms with Crippen LogP contribution in [0.1, 0.15) is 32.4 Å². The van der Waals surface area contributed by atoms with Crippen molar-refractivity contribution in [2.45, 2.75) is 12.3 Å². The van der Waals surface area contributed by atoms with Crippen LogP contribution in [0.4, 0.5) is 13.2 Å². The minimum absolute atomic E-state index is 0.146. The molecule has 0 aromatic heterocycles. The summed E-state index contributed by atoms with van der Waals surface area (Å²) in [7, 11) is 1.49. The van der Waals surface area contributed by atoms with Crippen molar-refractivity contribution in [2.24, 2.45) is 5.10 Å². The molecule has 0 radical (unpaired) electrons. The van der Waals surface area contributed by atoms with Gasteiger partial charge in [-0.1, -0.05) is 36.0 Å². The van der Waals surface area contributed by atoms with Crippen LogP contribution in [0.3, 0.4) is 0 Å². The number of aryl methyl sites for hydroxylation is 1. The molecule has 1 unspecified atom stereocenters. The molecule has 1 amide bonds. The van der Waals surface area contributed by atoms with Crippen molar-refractivity contribution in [3.8, 4) is 5.75 Å². The minimum atomic E-state index is -0.970. The number of carbonyl (C=O) groups excluding carboxylic acids is 1. The lowest BCUT2D eigenvalue weighted by Gasteiger charge is -2.23. The molecular formula is C23H17F3N2O2S. The first kappa shape index (κ1) is 21.0. The zero-order valence-electron chi connectivity index (χ0n) is 16.6. The topological polar surface area (TPSA) is 41.9 Å². The van der Waals surface area contributed by atoms with Crippen LogP contribution in [-0.4, -0.2) is 23.1 Å². The van der Waals surface area contributed by atoms with Crippen molar-refractivity contribution in [1.82, 2.24) is 5.01 Å². The van der Waals surface area contributed by atoms with E-state index >= 15 is 0 Å². The molecule has 8 heteroatoms. The molecule has 0 bridgehead atoms. The predicted molar refractivity (Wildman–Crippen MR) is 114 cm³/mol. The number of rotatable bonds is 4. The number of halogens is 3. The smallest absolute Gasteiger partial charge is 0.281 e. The molecule has 158 valence electrons. The summed E-state index contributed by atoms with van der Waals surface area (Å²) in [4.78, 5) is 13.3. The number of thioether (sulfide) groups is 1. The largest absolute Gasteiger partial charge is 0.496 e. The summed E-state index contributed by atoms with van der Waals surface area (Å²) >= 11 is 1.21. The lowest BCUT2D eigenvalue weighted by atomic mass is 10.1. The maximum Gasteiger partial charge on any atom is 0.281 e. The van der Waals surface area contributed by atoms with Gasteiger partial charge in [-0.3, -0.25) is 4.79 Å². The van der Waals surface area contributed by atoms with Gasteiger partial charge in [-0.05, 0) is 48.9 Å². The van der Waals surface area contributed by atoms with E-state index in [1.165, 1.54) is 56.1 Å². The molecule has 0 fully saturated rings. The summed E-state index contributed by atoms with van der Waals surface area (Å²) in [5.41, 5.74) is 0.655. The van der Waals surface area contributed by atoms with Crippen LogP contribution < -0.4 is 4.74 Å². The standard InChI is InChI=1S/C23H17F3N2O2S/c1-13-7-12-17(25)19(20(13)26)22(29)28-23(16-5-3-4-6-18(16)30-2)31-21(27-28)14-8-10-15(24)11-9-14/h3-12,23H,1-2H3. The van der Waals surface area contributed by atoms with Gasteiger partial charge in [-0.2, -0.15) is 5.10 Å². The van der Waals surface area contributed by atoms with E-state index in [1.807, 2.05) is 0 Å². The average Bonchev–Trinajstić information content (AvgIpc) is 3.22. The number of ether oxygens (including phenoxy) is 1. The van der Waals surface area contributed by atoms with Gasteiger partial charge in [0, 0.05) is 11.1 Å². The maximum atomic E-state index is 14.7. The van der Waals surface area contributed by atoms with Gasteiger partial charge in [-0.25, -0.2) is 18.2 Å². The molecule has 3 aromatic carbocycles. The van der Waals surface area contributed by atoms with E-state index in [0.29, 0.717) is 21.9 Å². The molecule has 1 heterocycles. The van der Waals surface area contributed by atoms with Crippen molar-refractivity contribution >= 4 is 22.7 Å². The number of methoxy groups -OCH3 is 1. The SMILES string of the molecule is COc1ccccc1C1SC(c2ccc(F)cc2)=NN1C(=O)c1c(F)ccc(C)c1F. The molecule has 0 aliphatic carbocycles. The van der Waals surface area contributed by atoms with Gasteiger partial charge < -0.3 is 4.74 Å². The maximum absolute atomic E-state index is 14.7. The van der Waals surface area contributed by atoms with Crippen molar-refractivity contribution in [1.29, 1.82) is 0 Å². The quantitative estimate of drug-likeness (QED) is 0.523. The molecule has 4 nitrogen and oxygen atoms in total. The highest BCUT2D eigenvalue weighted by atomic mass is 32.2. The Hall–Kier alpha value is -3.26. The number of carbonyl (C=O) groups is 1. The molecule has 0 N–H and O–H groups in total. The van der Waals surface area contributed by atoms with Crippen LogP contribution in [-0.2, 0) is 0 Å². The lowest BCUT2D eigenvalue weighted by molar-refractivity contribution is 0.0738. The summed E-state index contributed by atoms with van der Waals surface area (Å²) in [5, 5.41) is 5.09. The predicted octanol–water partition coefficient (Wildman–Crippen LogP) is 5.67. The zero-order valence-corrected chi connectivity index (χ0v) is 17.4. The summed E-state index contributed by atoms with van der Waals surface area (Å²) in [6.45, 7) is 1.45. The highest BCUT2D eigenvalue weighted by Crippen LogP contribution is 2.45. The number of nitrogens with zero attached hydrogens (tertiary/aromatic N) is 2. The minimum Gasteiger partial charge on any atom is -0.496 e. The second-order valence-electron chi connectivity index (χ2n) is 6.83. The lowest BCUT2D eigenvalue weighted by Crippen LogP contribution is -2.28. The Morgan fingerprint density at radius 3 is 2.45 bits per heavy atom. The molecule has 1 aliphatic heterocycles. The third-order valence-electron chi connectivity index (χ3n) is 4.85. The molecule has 4 rings (SSSR count). The fourth-order valence-electron chi connectivity index (χ4n) is 3.23. The van der Waals surface area contributed by atoms with E-state index < -0.39 is 34.3 Å². The highest BCUT2D eigenvalue weighted by Gasteiger charge is 2.38. The van der Waals surface area contributed by atoms with Crippen molar-refractivity contribution < 1.29 is 22.7 Å². The van der Waals surface area contributed by atoms with Gasteiger partial charge in [-0.15, -0.1) is 0 Å². The first-order valence-electron chi connectivity index (χ1n) is 9.33. The molecular weight excluding hydrogens is 425 g/mol. The molecule has 0 saturated carbocycles. The molecule has 0 spiro atoms. The summed E-state index contributed by atoms with van der Waals surface area (Å²) in [6.07, 6.45) is 0. The fourth-order valence-corrected chi connectivity index (χ4v) is 4.42. The number of benzene rings is 3. The van der Waals surface area contributed by atoms with Crippen LogP contribution in [0.5, 0.6) is 5.75 Å². The van der Waals surface area contributed by atoms with Crippen LogP contribution in [0.2, 0.25) is 0 Å². The third-order valence-corrected chi connectivity index (χ3v) is 6.06. The third kappa shape index (κ3) is 3.90. The van der Waals surface area contributed by atoms with Gasteiger partial charge >= 0.3 is 0 Å². The Morgan fingerprint density at radius 2 is 1.74 bits per heavy atom. The molecule has 0 saturated heterocycles. The van der Waals surface area contributed by atoms with E-state index in [9.17, 15) is 18.0 Å². The summed E-state index contributed by atoms with van der Waals surface area (Å²) < 4.78 is 47.9. The molecule has 1 aliphatic rings. The van der Waals surface area contributed by atoms with Crippen molar-refractivity contribution in [3.05, 3.63) is 100 Å². The monoisotopic (exact) mass is 442 g/mol. The second kappa shape index (κ2) is 8.47. The number of amides is 1. The number of para-hydroxylation sites is 1. The Kier molecular flexibility index (Phi) is 5.73. The van der Waals surface area contributed by atoms with Crippen LogP contribution in [0, 0.1) is 24.4 Å². The van der Waals surface area contributed by atoms with E-state index in [4.69, 9.17) is 4.74 Å². The molecule has 1 atom stereocenters. The van der Waals surface area contributed by atoms with Gasteiger partial charge in [0.2, 0.25) is 0 Å². The Balaban J connectivity index is 1.83. The Labute approximate surface area is 181 Å². The number of hydrogen-bond acceptors (Lipinski definition) is 4. The van der Waals surface area contributed by atoms with Crippen LogP contribution in [0.15, 0.2) is 65.8 Å². The van der Waals surface area contributed by atoms with Gasteiger partial charge in [0.15, 0.2) is 0 Å². The van der Waals surface area contributed by atoms with Crippen molar-refractivity contribution in [3.63, 3.8) is 0 Å². The molecule has 31 heavy (non-hydrogen) atoms. The summed E-state index contributed by atoms with van der Waals surface area (Å²) in [6, 6.07) is 15.0. The summed E-state index contributed by atoms with van der Waals surface area (Å²) in [5.74, 6) is -2.73. The van der Waals surface area contributed by atoms with E-state index in [0.717, 1.165) is 11.1 Å². The Morgan fingerprint density at radius 1 is 1.03 bits per heavy atom. The van der Waals surface area contributed by atoms with Crippen LogP contribution in [0.25, 0.3) is 0 Å². The van der Waals surface area contributed by atoms with Crippen LogP contribution >= 0.6 is 11.8 Å². The van der Waals surface area contributed by atoms with Gasteiger partial charge in [0.25, 0.3) is 5.91 Å². The molecule has 3 aromatic rings. The first-order chi connectivity index (χ1) is 14.9. The second-order valence-corrected chi connectivity index (χ2v) is 7.90. The van der Waals surface area contributed by atoms with E-state index in [-0.39, 0.29) is 5.56 Å². The fraction of sp³-hybridized carbons (Fsp3) is 0.130. The van der Waals surface area contributed by atoms with Crippen molar-refractivity contribution in [2.75, 3.05) is 7.11 Å². The van der Waals surface area contributed by atoms with E-state index in [2.05, 4.69) is 5.10 Å². The van der Waals surface area contributed by atoms with Gasteiger partial charge in [0.05, 0.1) is 7.11 Å². The first-order valence-corrected chi connectivity index (χ1v) is 10.2. The van der Waals surface area contributed by atoms with E-state index in [1.54, 1.807) is 24.3 Å².